The van der Waals surface area contributed by atoms with Crippen LogP contribution in [-0.2, 0) is 13.6 Å². The van der Waals surface area contributed by atoms with Crippen LogP contribution in [0.4, 0.5) is 5.69 Å². The van der Waals surface area contributed by atoms with Crippen molar-refractivity contribution in [2.24, 2.45) is 7.05 Å². The Labute approximate surface area is 111 Å². The van der Waals surface area contributed by atoms with Gasteiger partial charge in [0, 0.05) is 18.9 Å². The number of aryl methyl sites for hydroxylation is 1. The molecular weight excluding hydrogens is 244 g/mol. The van der Waals surface area contributed by atoms with Crippen molar-refractivity contribution in [3.63, 3.8) is 0 Å². The summed E-state index contributed by atoms with van der Waals surface area (Å²) in [5.41, 5.74) is 7.33. The number of anilines is 1. The number of ether oxygens (including phenoxy) is 1. The Morgan fingerprint density at radius 2 is 2.26 bits per heavy atom. The summed E-state index contributed by atoms with van der Waals surface area (Å²) >= 11 is 0. The molecule has 2 rings (SSSR count). The van der Waals surface area contributed by atoms with E-state index in [9.17, 15) is 4.79 Å². The molecule has 0 bridgehead atoms. The van der Waals surface area contributed by atoms with Gasteiger partial charge in [-0.05, 0) is 18.2 Å². The zero-order chi connectivity index (χ0) is 13.8. The molecule has 0 aliphatic rings. The first-order valence-electron chi connectivity index (χ1n) is 5.81. The second-order valence-corrected chi connectivity index (χ2v) is 4.09. The van der Waals surface area contributed by atoms with Crippen LogP contribution >= 0.6 is 0 Å². The Bertz CT molecular complexity index is 592. The fourth-order valence-electron chi connectivity index (χ4n) is 1.78. The van der Waals surface area contributed by atoms with Crippen molar-refractivity contribution in [3.8, 4) is 5.75 Å². The average Bonchev–Trinajstić information content (AvgIpc) is 2.81. The van der Waals surface area contributed by atoms with E-state index in [2.05, 4.69) is 10.4 Å². The van der Waals surface area contributed by atoms with Gasteiger partial charge in [-0.3, -0.25) is 9.48 Å². The van der Waals surface area contributed by atoms with E-state index in [1.54, 1.807) is 22.9 Å². The van der Waals surface area contributed by atoms with Crippen LogP contribution in [0, 0.1) is 0 Å². The topological polar surface area (TPSA) is 82.2 Å². The molecule has 0 aliphatic carbocycles. The number of nitrogens with zero attached hydrogens (tertiary/aromatic N) is 2. The van der Waals surface area contributed by atoms with Crippen LogP contribution in [0.3, 0.4) is 0 Å². The molecule has 0 aliphatic heterocycles. The third kappa shape index (κ3) is 2.85. The number of rotatable bonds is 4. The summed E-state index contributed by atoms with van der Waals surface area (Å²) < 4.78 is 6.82. The number of benzene rings is 1. The maximum Gasteiger partial charge on any atom is 0.257 e. The zero-order valence-electron chi connectivity index (χ0n) is 10.9. The highest BCUT2D eigenvalue weighted by Crippen LogP contribution is 2.23. The molecule has 2 aromatic rings. The minimum absolute atomic E-state index is 0.277. The van der Waals surface area contributed by atoms with E-state index in [-0.39, 0.29) is 5.91 Å². The SMILES string of the molecule is COc1cccc(N)c1C(=O)NCc1ccn(C)n1. The smallest absolute Gasteiger partial charge is 0.257 e. The van der Waals surface area contributed by atoms with Gasteiger partial charge in [0.15, 0.2) is 0 Å². The van der Waals surface area contributed by atoms with Gasteiger partial charge in [0.05, 0.1) is 19.3 Å². The van der Waals surface area contributed by atoms with E-state index in [4.69, 9.17) is 10.5 Å². The lowest BCUT2D eigenvalue weighted by atomic mass is 10.1. The summed E-state index contributed by atoms with van der Waals surface area (Å²) in [5.74, 6) is 0.180. The van der Waals surface area contributed by atoms with Crippen LogP contribution in [0.15, 0.2) is 30.5 Å². The number of hydrogen-bond donors (Lipinski definition) is 2. The number of amides is 1. The Morgan fingerprint density at radius 1 is 1.47 bits per heavy atom. The normalized spacial score (nSPS) is 10.2. The number of methoxy groups -OCH3 is 1. The number of nitrogens with two attached hydrogens (primary N) is 1. The Hall–Kier alpha value is -2.50. The van der Waals surface area contributed by atoms with E-state index in [1.165, 1.54) is 7.11 Å². The molecule has 0 spiro atoms. The number of hydrogen-bond acceptors (Lipinski definition) is 4. The van der Waals surface area contributed by atoms with Crippen LogP contribution in [0.1, 0.15) is 16.1 Å². The van der Waals surface area contributed by atoms with Crippen molar-refractivity contribution in [3.05, 3.63) is 41.7 Å². The molecule has 1 aromatic heterocycles. The van der Waals surface area contributed by atoms with Gasteiger partial charge >= 0.3 is 0 Å². The van der Waals surface area contributed by atoms with Gasteiger partial charge < -0.3 is 15.8 Å². The van der Waals surface area contributed by atoms with Crippen molar-refractivity contribution in [1.82, 2.24) is 15.1 Å². The third-order valence-corrected chi connectivity index (χ3v) is 2.70. The first-order valence-corrected chi connectivity index (χ1v) is 5.81. The number of carbonyl (C=O) groups is 1. The molecule has 19 heavy (non-hydrogen) atoms. The van der Waals surface area contributed by atoms with Gasteiger partial charge in [-0.2, -0.15) is 5.10 Å². The average molecular weight is 260 g/mol. The second-order valence-electron chi connectivity index (χ2n) is 4.09. The molecule has 1 heterocycles. The first kappa shape index (κ1) is 12.9. The van der Waals surface area contributed by atoms with Gasteiger partial charge in [-0.25, -0.2) is 0 Å². The fourth-order valence-corrected chi connectivity index (χ4v) is 1.78. The summed E-state index contributed by atoms with van der Waals surface area (Å²) in [6, 6.07) is 6.94. The molecule has 1 aromatic carbocycles. The lowest BCUT2D eigenvalue weighted by Crippen LogP contribution is -2.24. The quantitative estimate of drug-likeness (QED) is 0.801. The van der Waals surface area contributed by atoms with Gasteiger partial charge in [0.25, 0.3) is 5.91 Å². The van der Waals surface area contributed by atoms with Crippen LogP contribution in [0.25, 0.3) is 0 Å². The van der Waals surface area contributed by atoms with E-state index < -0.39 is 0 Å². The molecule has 100 valence electrons. The molecule has 1 amide bonds. The molecule has 0 fully saturated rings. The predicted octanol–water partition coefficient (Wildman–Crippen LogP) is 0.941. The summed E-state index contributed by atoms with van der Waals surface area (Å²) in [6.45, 7) is 0.344. The van der Waals surface area contributed by atoms with E-state index in [1.807, 2.05) is 19.3 Å². The molecule has 0 atom stereocenters. The third-order valence-electron chi connectivity index (χ3n) is 2.70. The zero-order valence-corrected chi connectivity index (χ0v) is 10.9. The molecule has 0 radical (unpaired) electrons. The number of nitrogens with one attached hydrogen (secondary N) is 1. The first-order chi connectivity index (χ1) is 9.11. The standard InChI is InChI=1S/C13H16N4O2/c1-17-7-6-9(16-17)8-15-13(18)12-10(14)4-3-5-11(12)19-2/h3-7H,8,14H2,1-2H3,(H,15,18). The Balaban J connectivity index is 2.12. The van der Waals surface area contributed by atoms with Crippen LogP contribution in [0.2, 0.25) is 0 Å². The maximum atomic E-state index is 12.1. The lowest BCUT2D eigenvalue weighted by Gasteiger charge is -2.10. The number of nitrogen functional groups attached to an aromatic ring is 1. The van der Waals surface area contributed by atoms with Crippen molar-refractivity contribution in [2.45, 2.75) is 6.54 Å². The van der Waals surface area contributed by atoms with Crippen molar-refractivity contribution < 1.29 is 9.53 Å². The summed E-state index contributed by atoms with van der Waals surface area (Å²) in [4.78, 5) is 12.1. The lowest BCUT2D eigenvalue weighted by molar-refractivity contribution is 0.0948. The molecular formula is C13H16N4O2. The monoisotopic (exact) mass is 260 g/mol. The largest absolute Gasteiger partial charge is 0.496 e. The van der Waals surface area contributed by atoms with Crippen LogP contribution < -0.4 is 15.8 Å². The molecule has 6 heteroatoms. The Morgan fingerprint density at radius 3 is 2.89 bits per heavy atom. The number of carbonyl (C=O) groups excluding carboxylic acids is 1. The van der Waals surface area contributed by atoms with Crippen molar-refractivity contribution in [1.29, 1.82) is 0 Å². The van der Waals surface area contributed by atoms with E-state index >= 15 is 0 Å². The highest BCUT2D eigenvalue weighted by Gasteiger charge is 2.15. The van der Waals surface area contributed by atoms with Gasteiger partial charge in [-0.15, -0.1) is 0 Å². The minimum Gasteiger partial charge on any atom is -0.496 e. The second kappa shape index (κ2) is 5.43. The maximum absolute atomic E-state index is 12.1. The predicted molar refractivity (Wildman–Crippen MR) is 71.8 cm³/mol. The summed E-state index contributed by atoms with van der Waals surface area (Å²) in [7, 11) is 3.33. The fraction of sp³-hybridized carbons (Fsp3) is 0.231. The van der Waals surface area contributed by atoms with Crippen molar-refractivity contribution >= 4 is 11.6 Å². The molecule has 0 saturated carbocycles. The highest BCUT2D eigenvalue weighted by atomic mass is 16.5. The molecule has 0 unspecified atom stereocenters. The van der Waals surface area contributed by atoms with Crippen LogP contribution in [0.5, 0.6) is 5.75 Å². The summed E-state index contributed by atoms with van der Waals surface area (Å²) in [6.07, 6.45) is 1.82. The molecule has 6 nitrogen and oxygen atoms in total. The van der Waals surface area contributed by atoms with Gasteiger partial charge in [-0.1, -0.05) is 6.07 Å². The highest BCUT2D eigenvalue weighted by molar-refractivity contribution is 6.01. The van der Waals surface area contributed by atoms with Crippen LogP contribution in [-0.4, -0.2) is 22.8 Å². The van der Waals surface area contributed by atoms with E-state index in [0.717, 1.165) is 5.69 Å². The Kier molecular flexibility index (Phi) is 3.70. The summed E-state index contributed by atoms with van der Waals surface area (Å²) in [5, 5.41) is 6.95. The van der Waals surface area contributed by atoms with Gasteiger partial charge in [0.2, 0.25) is 0 Å². The van der Waals surface area contributed by atoms with E-state index in [0.29, 0.717) is 23.5 Å². The van der Waals surface area contributed by atoms with Crippen molar-refractivity contribution in [2.75, 3.05) is 12.8 Å². The number of aromatic nitrogens is 2. The minimum atomic E-state index is -0.277. The molecule has 3 N–H and O–H groups in total. The molecule has 0 saturated heterocycles. The van der Waals surface area contributed by atoms with Gasteiger partial charge in [0.1, 0.15) is 11.3 Å².